The number of benzene rings is 3. The number of fused-ring (bicyclic) bond motifs is 1. The van der Waals surface area contributed by atoms with Gasteiger partial charge in [0.15, 0.2) is 11.6 Å². The predicted octanol–water partition coefficient (Wildman–Crippen LogP) is 6.70. The highest BCUT2D eigenvalue weighted by molar-refractivity contribution is 9.10. The van der Waals surface area contributed by atoms with Crippen LogP contribution in [0.1, 0.15) is 29.2 Å². The Morgan fingerprint density at radius 2 is 1.77 bits per heavy atom. The fourth-order valence-corrected chi connectivity index (χ4v) is 4.33. The monoisotopic (exact) mass is 475 g/mol. The van der Waals surface area contributed by atoms with Crippen molar-refractivity contribution >= 4 is 27.7 Å². The van der Waals surface area contributed by atoms with Crippen molar-refractivity contribution in [3.63, 3.8) is 0 Å². The Kier molecular flexibility index (Phi) is 5.81. The van der Waals surface area contributed by atoms with E-state index in [0.29, 0.717) is 12.0 Å². The summed E-state index contributed by atoms with van der Waals surface area (Å²) in [6.07, 6.45) is -0.130. The molecule has 0 aromatic heterocycles. The van der Waals surface area contributed by atoms with Crippen LogP contribution in [0.4, 0.5) is 23.7 Å². The number of hydrogen-bond donors (Lipinski definition) is 0. The van der Waals surface area contributed by atoms with E-state index < -0.39 is 29.6 Å². The van der Waals surface area contributed by atoms with Gasteiger partial charge < -0.3 is 4.74 Å². The zero-order valence-corrected chi connectivity index (χ0v) is 17.3. The predicted molar refractivity (Wildman–Crippen MR) is 111 cm³/mol. The number of rotatable bonds is 3. The summed E-state index contributed by atoms with van der Waals surface area (Å²) in [7, 11) is 0. The maximum absolute atomic E-state index is 14.5. The first-order chi connectivity index (χ1) is 14.5. The van der Waals surface area contributed by atoms with E-state index in [1.807, 2.05) is 30.3 Å². The van der Waals surface area contributed by atoms with E-state index in [1.54, 1.807) is 12.1 Å². The van der Waals surface area contributed by atoms with Gasteiger partial charge in [0.1, 0.15) is 12.4 Å². The lowest BCUT2D eigenvalue weighted by molar-refractivity contribution is 0.143. The Hall–Kier alpha value is -2.80. The molecule has 1 aliphatic heterocycles. The van der Waals surface area contributed by atoms with Crippen LogP contribution in [-0.4, -0.2) is 6.09 Å². The second kappa shape index (κ2) is 8.52. The fourth-order valence-electron chi connectivity index (χ4n) is 3.70. The molecule has 0 bridgehead atoms. The molecule has 0 aliphatic carbocycles. The smallest absolute Gasteiger partial charge is 0.415 e. The second-order valence-electron chi connectivity index (χ2n) is 7.00. The average molecular weight is 476 g/mol. The van der Waals surface area contributed by atoms with Crippen molar-refractivity contribution in [1.82, 2.24) is 0 Å². The molecular weight excluding hydrogens is 459 g/mol. The molecule has 1 aliphatic rings. The summed E-state index contributed by atoms with van der Waals surface area (Å²) in [4.78, 5) is 14.4. The van der Waals surface area contributed by atoms with Crippen LogP contribution in [0.3, 0.4) is 0 Å². The normalized spacial score (nSPS) is 15.6. The molecule has 4 rings (SSSR count). The number of nitrogens with zero attached hydrogens (tertiary/aromatic N) is 1. The zero-order valence-electron chi connectivity index (χ0n) is 15.7. The molecule has 1 unspecified atom stereocenters. The molecule has 0 radical (unpaired) electrons. The van der Waals surface area contributed by atoms with Gasteiger partial charge in [0.05, 0.1) is 11.7 Å². The molecule has 3 aromatic rings. The Morgan fingerprint density at radius 1 is 1.07 bits per heavy atom. The van der Waals surface area contributed by atoms with Crippen LogP contribution in [0.15, 0.2) is 65.1 Å². The topological polar surface area (TPSA) is 29.5 Å². The fraction of sp³-hybridized carbons (Fsp3) is 0.174. The van der Waals surface area contributed by atoms with Crippen molar-refractivity contribution in [2.24, 2.45) is 0 Å². The number of amides is 1. The first kappa shape index (κ1) is 20.5. The third-order valence-corrected chi connectivity index (χ3v) is 5.72. The maximum atomic E-state index is 14.5. The summed E-state index contributed by atoms with van der Waals surface area (Å²) in [5, 5.41) is 0. The van der Waals surface area contributed by atoms with Crippen molar-refractivity contribution in [1.29, 1.82) is 0 Å². The molecule has 0 N–H and O–H groups in total. The highest BCUT2D eigenvalue weighted by atomic mass is 79.9. The molecule has 3 nitrogen and oxygen atoms in total. The van der Waals surface area contributed by atoms with Crippen LogP contribution >= 0.6 is 15.9 Å². The SMILES string of the molecule is O=C(OCc1ccccc1)N1c2c(Br)cc(F)c(F)c2CCC1c1ccc(F)cc1. The number of carbonyl (C=O) groups is 1. The molecule has 1 atom stereocenters. The third kappa shape index (κ3) is 3.94. The first-order valence-corrected chi connectivity index (χ1v) is 10.2. The van der Waals surface area contributed by atoms with E-state index in [-0.39, 0.29) is 28.8 Å². The van der Waals surface area contributed by atoms with Gasteiger partial charge in [-0.1, -0.05) is 42.5 Å². The van der Waals surface area contributed by atoms with Crippen molar-refractivity contribution in [3.05, 3.63) is 99.3 Å². The molecule has 3 aromatic carbocycles. The maximum Gasteiger partial charge on any atom is 0.415 e. The lowest BCUT2D eigenvalue weighted by atomic mass is 9.91. The van der Waals surface area contributed by atoms with Gasteiger partial charge in [0.25, 0.3) is 0 Å². The summed E-state index contributed by atoms with van der Waals surface area (Å²) in [5.74, 6) is -2.37. The first-order valence-electron chi connectivity index (χ1n) is 9.37. The van der Waals surface area contributed by atoms with E-state index >= 15 is 0 Å². The van der Waals surface area contributed by atoms with E-state index in [1.165, 1.54) is 17.0 Å². The van der Waals surface area contributed by atoms with E-state index in [0.717, 1.165) is 11.6 Å². The molecule has 1 heterocycles. The standard InChI is InChI=1S/C23H17BrF3NO2/c24-18-12-19(26)21(27)17-10-11-20(15-6-8-16(25)9-7-15)28(22(17)18)23(29)30-13-14-4-2-1-3-5-14/h1-9,12,20H,10-11,13H2. The number of carbonyl (C=O) groups excluding carboxylic acids is 1. The Balaban J connectivity index is 1.73. The Labute approximate surface area is 180 Å². The van der Waals surface area contributed by atoms with E-state index in [9.17, 15) is 18.0 Å². The molecule has 154 valence electrons. The average Bonchev–Trinajstić information content (AvgIpc) is 2.76. The minimum Gasteiger partial charge on any atom is -0.444 e. The van der Waals surface area contributed by atoms with Gasteiger partial charge in [0, 0.05) is 10.0 Å². The van der Waals surface area contributed by atoms with Gasteiger partial charge >= 0.3 is 6.09 Å². The van der Waals surface area contributed by atoms with Gasteiger partial charge in [-0.25, -0.2) is 18.0 Å². The van der Waals surface area contributed by atoms with Crippen LogP contribution in [0.5, 0.6) is 0 Å². The largest absolute Gasteiger partial charge is 0.444 e. The Bertz CT molecular complexity index is 1070. The summed E-state index contributed by atoms with van der Waals surface area (Å²) < 4.78 is 47.6. The van der Waals surface area contributed by atoms with Gasteiger partial charge in [-0.3, -0.25) is 4.90 Å². The minimum absolute atomic E-state index is 0.0307. The van der Waals surface area contributed by atoms with Crippen LogP contribution in [0.25, 0.3) is 0 Å². The number of hydrogen-bond acceptors (Lipinski definition) is 2. The molecule has 0 spiro atoms. The molecular formula is C23H17BrF3NO2. The number of anilines is 1. The van der Waals surface area contributed by atoms with Crippen LogP contribution in [0.2, 0.25) is 0 Å². The van der Waals surface area contributed by atoms with Gasteiger partial charge in [0.2, 0.25) is 0 Å². The van der Waals surface area contributed by atoms with Crippen LogP contribution in [0, 0.1) is 17.5 Å². The summed E-state index contributed by atoms with van der Waals surface area (Å²) in [6, 6.07) is 15.4. The zero-order chi connectivity index (χ0) is 21.3. The summed E-state index contributed by atoms with van der Waals surface area (Å²) >= 11 is 3.27. The molecule has 7 heteroatoms. The highest BCUT2D eigenvalue weighted by Crippen LogP contribution is 2.44. The van der Waals surface area contributed by atoms with Crippen molar-refractivity contribution in [3.8, 4) is 0 Å². The third-order valence-electron chi connectivity index (χ3n) is 5.12. The molecule has 0 saturated carbocycles. The Morgan fingerprint density at radius 3 is 2.47 bits per heavy atom. The second-order valence-corrected chi connectivity index (χ2v) is 7.85. The van der Waals surface area contributed by atoms with Gasteiger partial charge in [-0.15, -0.1) is 0 Å². The highest BCUT2D eigenvalue weighted by Gasteiger charge is 2.37. The quantitative estimate of drug-likeness (QED) is 0.394. The summed E-state index contributed by atoms with van der Waals surface area (Å²) in [5.41, 5.74) is 1.81. The molecule has 1 amide bonds. The number of halogens is 4. The molecule has 0 fully saturated rings. The van der Waals surface area contributed by atoms with E-state index in [4.69, 9.17) is 4.74 Å². The van der Waals surface area contributed by atoms with Crippen LogP contribution < -0.4 is 4.90 Å². The lowest BCUT2D eigenvalue weighted by Gasteiger charge is -2.37. The van der Waals surface area contributed by atoms with Gasteiger partial charge in [-0.2, -0.15) is 0 Å². The van der Waals surface area contributed by atoms with E-state index in [2.05, 4.69) is 15.9 Å². The molecule has 0 saturated heterocycles. The molecule has 30 heavy (non-hydrogen) atoms. The van der Waals surface area contributed by atoms with Crippen LogP contribution in [-0.2, 0) is 17.8 Å². The van der Waals surface area contributed by atoms with Gasteiger partial charge in [-0.05, 0) is 58.1 Å². The van der Waals surface area contributed by atoms with Crippen molar-refractivity contribution in [2.45, 2.75) is 25.5 Å². The number of ether oxygens (including phenoxy) is 1. The lowest BCUT2D eigenvalue weighted by Crippen LogP contribution is -2.39. The summed E-state index contributed by atoms with van der Waals surface area (Å²) in [6.45, 7) is 0.0307. The van der Waals surface area contributed by atoms with Crippen molar-refractivity contribution < 1.29 is 22.7 Å². The van der Waals surface area contributed by atoms with Crippen molar-refractivity contribution in [2.75, 3.05) is 4.90 Å². The minimum atomic E-state index is -0.988.